The zero-order valence-corrected chi connectivity index (χ0v) is 9.97. The Morgan fingerprint density at radius 3 is 2.50 bits per heavy atom. The first-order valence-electron chi connectivity index (χ1n) is 6.02. The molecule has 0 atom stereocenters. The molecule has 4 heteroatoms. The summed E-state index contributed by atoms with van der Waals surface area (Å²) in [4.78, 5) is 4.09. The number of hydrogen-bond donors (Lipinski definition) is 2. The van der Waals surface area contributed by atoms with E-state index in [0.29, 0.717) is 17.7 Å². The van der Waals surface area contributed by atoms with Crippen molar-refractivity contribution in [3.8, 4) is 16.9 Å². The zero-order valence-electron chi connectivity index (χ0n) is 9.97. The lowest BCUT2D eigenvalue weighted by atomic mass is 10.1. The number of pyridine rings is 1. The highest BCUT2D eigenvalue weighted by Gasteiger charge is 2.24. The molecule has 2 aromatic rings. The van der Waals surface area contributed by atoms with E-state index in [-0.39, 0.29) is 0 Å². The number of benzene rings is 1. The summed E-state index contributed by atoms with van der Waals surface area (Å²) in [6, 6.07) is 11.5. The van der Waals surface area contributed by atoms with Crippen LogP contribution >= 0.6 is 0 Å². The molecule has 1 fully saturated rings. The summed E-state index contributed by atoms with van der Waals surface area (Å²) in [5.41, 5.74) is 13.4. The molecule has 0 radical (unpaired) electrons. The maximum Gasteiger partial charge on any atom is 0.133 e. The van der Waals surface area contributed by atoms with Crippen molar-refractivity contribution in [1.82, 2.24) is 4.98 Å². The lowest BCUT2D eigenvalue weighted by Crippen LogP contribution is -2.01. The van der Waals surface area contributed by atoms with Crippen molar-refractivity contribution in [3.05, 3.63) is 36.4 Å². The van der Waals surface area contributed by atoms with Crippen molar-refractivity contribution in [1.29, 1.82) is 0 Å². The van der Waals surface area contributed by atoms with Gasteiger partial charge in [-0.25, -0.2) is 4.98 Å². The number of ether oxygens (including phenoxy) is 1. The Kier molecular flexibility index (Phi) is 2.55. The van der Waals surface area contributed by atoms with E-state index in [1.165, 1.54) is 0 Å². The Hall–Kier alpha value is -2.23. The van der Waals surface area contributed by atoms with Gasteiger partial charge < -0.3 is 16.2 Å². The van der Waals surface area contributed by atoms with Crippen molar-refractivity contribution < 1.29 is 4.74 Å². The molecule has 3 rings (SSSR count). The average Bonchev–Trinajstić information content (AvgIpc) is 3.14. The minimum Gasteiger partial charge on any atom is -0.490 e. The first kappa shape index (κ1) is 10.9. The fraction of sp³-hybridized carbons (Fsp3) is 0.214. The monoisotopic (exact) mass is 241 g/mol. The lowest BCUT2D eigenvalue weighted by molar-refractivity contribution is 0.304. The predicted molar refractivity (Wildman–Crippen MR) is 72.1 cm³/mol. The molecule has 0 spiro atoms. The van der Waals surface area contributed by atoms with E-state index in [2.05, 4.69) is 4.98 Å². The second-order valence-corrected chi connectivity index (χ2v) is 4.48. The quantitative estimate of drug-likeness (QED) is 0.865. The summed E-state index contributed by atoms with van der Waals surface area (Å²) in [5, 5.41) is 0. The average molecular weight is 241 g/mol. The maximum atomic E-state index is 5.92. The second kappa shape index (κ2) is 4.22. The second-order valence-electron chi connectivity index (χ2n) is 4.48. The van der Waals surface area contributed by atoms with Gasteiger partial charge in [0.2, 0.25) is 0 Å². The van der Waals surface area contributed by atoms with Crippen molar-refractivity contribution in [2.45, 2.75) is 18.9 Å². The standard InChI is InChI=1S/C14H15N3O/c15-13-8-7-11(14(16)17-13)10-3-1-2-4-12(10)18-9-5-6-9/h1-4,7-9H,5-6H2,(H4,15,16,17). The third kappa shape index (κ3) is 2.09. The summed E-state index contributed by atoms with van der Waals surface area (Å²) in [6.45, 7) is 0. The number of nitrogens with zero attached hydrogens (tertiary/aromatic N) is 1. The number of nitrogen functional groups attached to an aromatic ring is 2. The molecule has 1 heterocycles. The number of rotatable bonds is 3. The number of nitrogens with two attached hydrogens (primary N) is 2. The Labute approximate surface area is 106 Å². The highest BCUT2D eigenvalue weighted by molar-refractivity contribution is 5.79. The van der Waals surface area contributed by atoms with Crippen LogP contribution < -0.4 is 16.2 Å². The minimum absolute atomic E-state index is 0.356. The molecule has 0 amide bonds. The molecule has 0 saturated heterocycles. The van der Waals surface area contributed by atoms with Crippen molar-refractivity contribution in [2.75, 3.05) is 11.5 Å². The van der Waals surface area contributed by atoms with Crippen LogP contribution in [0.2, 0.25) is 0 Å². The predicted octanol–water partition coefficient (Wildman–Crippen LogP) is 2.45. The molecular weight excluding hydrogens is 226 g/mol. The normalized spacial score (nSPS) is 14.4. The molecule has 1 aliphatic rings. The summed E-state index contributed by atoms with van der Waals surface area (Å²) in [5.74, 6) is 1.72. The molecule has 18 heavy (non-hydrogen) atoms. The summed E-state index contributed by atoms with van der Waals surface area (Å²) < 4.78 is 5.88. The van der Waals surface area contributed by atoms with Gasteiger partial charge in [0.05, 0.1) is 6.10 Å². The van der Waals surface area contributed by atoms with Gasteiger partial charge in [-0.15, -0.1) is 0 Å². The van der Waals surface area contributed by atoms with Crippen LogP contribution in [0.1, 0.15) is 12.8 Å². The van der Waals surface area contributed by atoms with E-state index in [1.807, 2.05) is 30.3 Å². The molecule has 1 saturated carbocycles. The van der Waals surface area contributed by atoms with Crippen LogP contribution in [0.15, 0.2) is 36.4 Å². The van der Waals surface area contributed by atoms with Crippen LogP contribution in [-0.2, 0) is 0 Å². The minimum atomic E-state index is 0.356. The van der Waals surface area contributed by atoms with E-state index in [4.69, 9.17) is 16.2 Å². The fourth-order valence-corrected chi connectivity index (χ4v) is 1.88. The highest BCUT2D eigenvalue weighted by atomic mass is 16.5. The Morgan fingerprint density at radius 2 is 1.78 bits per heavy atom. The van der Waals surface area contributed by atoms with Crippen LogP contribution in [0, 0.1) is 0 Å². The van der Waals surface area contributed by atoms with Gasteiger partial charge in [-0.1, -0.05) is 18.2 Å². The van der Waals surface area contributed by atoms with E-state index >= 15 is 0 Å². The third-order valence-electron chi connectivity index (χ3n) is 2.94. The van der Waals surface area contributed by atoms with Gasteiger partial charge in [0, 0.05) is 11.1 Å². The van der Waals surface area contributed by atoms with Crippen molar-refractivity contribution in [2.24, 2.45) is 0 Å². The first-order valence-corrected chi connectivity index (χ1v) is 6.02. The van der Waals surface area contributed by atoms with E-state index in [1.54, 1.807) is 6.07 Å². The van der Waals surface area contributed by atoms with Crippen LogP contribution in [0.25, 0.3) is 11.1 Å². The van der Waals surface area contributed by atoms with E-state index in [9.17, 15) is 0 Å². The smallest absolute Gasteiger partial charge is 0.133 e. The van der Waals surface area contributed by atoms with Gasteiger partial charge in [-0.05, 0) is 31.0 Å². The number of hydrogen-bond acceptors (Lipinski definition) is 4. The molecular formula is C14H15N3O. The lowest BCUT2D eigenvalue weighted by Gasteiger charge is -2.12. The molecule has 4 N–H and O–H groups in total. The van der Waals surface area contributed by atoms with E-state index < -0.39 is 0 Å². The Morgan fingerprint density at radius 1 is 1.00 bits per heavy atom. The molecule has 1 aliphatic carbocycles. The fourth-order valence-electron chi connectivity index (χ4n) is 1.88. The molecule has 1 aromatic carbocycles. The Balaban J connectivity index is 2.04. The molecule has 0 unspecified atom stereocenters. The third-order valence-corrected chi connectivity index (χ3v) is 2.94. The highest BCUT2D eigenvalue weighted by Crippen LogP contribution is 2.36. The van der Waals surface area contributed by atoms with Gasteiger partial charge in [-0.2, -0.15) is 0 Å². The topological polar surface area (TPSA) is 74.2 Å². The van der Waals surface area contributed by atoms with Crippen LogP contribution in [0.5, 0.6) is 5.75 Å². The molecule has 4 nitrogen and oxygen atoms in total. The number of anilines is 2. The molecule has 1 aromatic heterocycles. The van der Waals surface area contributed by atoms with Gasteiger partial charge in [0.1, 0.15) is 17.4 Å². The van der Waals surface area contributed by atoms with Gasteiger partial charge in [-0.3, -0.25) is 0 Å². The van der Waals surface area contributed by atoms with Crippen LogP contribution in [-0.4, -0.2) is 11.1 Å². The molecule has 92 valence electrons. The van der Waals surface area contributed by atoms with Crippen LogP contribution in [0.3, 0.4) is 0 Å². The first-order chi connectivity index (χ1) is 8.74. The van der Waals surface area contributed by atoms with Gasteiger partial charge in [0.25, 0.3) is 0 Å². The number of para-hydroxylation sites is 1. The summed E-state index contributed by atoms with van der Waals surface area (Å²) in [7, 11) is 0. The number of aromatic nitrogens is 1. The van der Waals surface area contributed by atoms with Crippen molar-refractivity contribution >= 4 is 11.6 Å². The van der Waals surface area contributed by atoms with Gasteiger partial charge in [0.15, 0.2) is 0 Å². The van der Waals surface area contributed by atoms with Gasteiger partial charge >= 0.3 is 0 Å². The Bertz CT molecular complexity index is 579. The van der Waals surface area contributed by atoms with Crippen LogP contribution in [0.4, 0.5) is 11.6 Å². The van der Waals surface area contributed by atoms with Crippen molar-refractivity contribution in [3.63, 3.8) is 0 Å². The SMILES string of the molecule is Nc1ccc(-c2ccccc2OC2CC2)c(N)n1. The largest absolute Gasteiger partial charge is 0.490 e. The molecule has 0 bridgehead atoms. The maximum absolute atomic E-state index is 5.92. The molecule has 0 aliphatic heterocycles. The van der Waals surface area contributed by atoms with E-state index in [0.717, 1.165) is 29.7 Å². The zero-order chi connectivity index (χ0) is 12.5. The summed E-state index contributed by atoms with van der Waals surface area (Å²) in [6.07, 6.45) is 2.61. The summed E-state index contributed by atoms with van der Waals surface area (Å²) >= 11 is 0.